The standard InChI is InChI=1S/C25H27N5O3/c1-18(29(2)25(31)28-20-10-13-24(26-16-20)33-15-14-32-3)19-8-11-21(12-9-19)30-17-27-22-6-4-5-7-23(22)30/h4-13,16-18H,14-15H2,1-3H3,(H,28,31). The number of aromatic nitrogens is 3. The Morgan fingerprint density at radius 1 is 1.06 bits per heavy atom. The number of amides is 2. The summed E-state index contributed by atoms with van der Waals surface area (Å²) in [6, 6.07) is 19.3. The van der Waals surface area contributed by atoms with Crippen molar-refractivity contribution in [3.05, 3.63) is 78.8 Å². The highest BCUT2D eigenvalue weighted by molar-refractivity contribution is 5.89. The fourth-order valence-electron chi connectivity index (χ4n) is 3.46. The van der Waals surface area contributed by atoms with Gasteiger partial charge in [0.05, 0.1) is 35.6 Å². The maximum absolute atomic E-state index is 12.8. The van der Waals surface area contributed by atoms with Crippen LogP contribution in [0, 0.1) is 0 Å². The predicted molar refractivity (Wildman–Crippen MR) is 128 cm³/mol. The summed E-state index contributed by atoms with van der Waals surface area (Å²) < 4.78 is 12.4. The van der Waals surface area contributed by atoms with E-state index in [4.69, 9.17) is 9.47 Å². The lowest BCUT2D eigenvalue weighted by Crippen LogP contribution is -2.33. The highest BCUT2D eigenvalue weighted by Gasteiger charge is 2.18. The number of ether oxygens (including phenoxy) is 2. The molecule has 0 aliphatic carbocycles. The monoisotopic (exact) mass is 445 g/mol. The molecule has 4 rings (SSSR count). The van der Waals surface area contributed by atoms with E-state index in [1.54, 1.807) is 37.4 Å². The number of methoxy groups -OCH3 is 1. The summed E-state index contributed by atoms with van der Waals surface area (Å²) in [5.41, 5.74) is 4.65. The molecule has 2 aromatic carbocycles. The van der Waals surface area contributed by atoms with Crippen LogP contribution in [0.3, 0.4) is 0 Å². The topological polar surface area (TPSA) is 81.5 Å². The summed E-state index contributed by atoms with van der Waals surface area (Å²) in [6.07, 6.45) is 3.40. The molecule has 2 aromatic heterocycles. The average molecular weight is 446 g/mol. The van der Waals surface area contributed by atoms with Crippen molar-refractivity contribution in [1.29, 1.82) is 0 Å². The summed E-state index contributed by atoms with van der Waals surface area (Å²) >= 11 is 0. The molecule has 33 heavy (non-hydrogen) atoms. The second-order valence-corrected chi connectivity index (χ2v) is 7.64. The van der Waals surface area contributed by atoms with Crippen LogP contribution in [0.4, 0.5) is 10.5 Å². The van der Waals surface area contributed by atoms with Crippen molar-refractivity contribution >= 4 is 22.8 Å². The van der Waals surface area contributed by atoms with Gasteiger partial charge in [-0.15, -0.1) is 0 Å². The Kier molecular flexibility index (Phi) is 6.85. The molecule has 8 nitrogen and oxygen atoms in total. The van der Waals surface area contributed by atoms with Gasteiger partial charge in [-0.2, -0.15) is 0 Å². The molecule has 1 unspecified atom stereocenters. The van der Waals surface area contributed by atoms with Gasteiger partial charge in [-0.3, -0.25) is 4.57 Å². The third-order valence-corrected chi connectivity index (χ3v) is 5.53. The largest absolute Gasteiger partial charge is 0.475 e. The number of pyridine rings is 1. The van der Waals surface area contributed by atoms with E-state index in [2.05, 4.69) is 19.9 Å². The molecular weight excluding hydrogens is 418 g/mol. The van der Waals surface area contributed by atoms with Gasteiger partial charge in [-0.05, 0) is 42.8 Å². The van der Waals surface area contributed by atoms with Gasteiger partial charge in [-0.25, -0.2) is 14.8 Å². The quantitative estimate of drug-likeness (QED) is 0.399. The first kappa shape index (κ1) is 22.3. The number of benzene rings is 2. The van der Waals surface area contributed by atoms with Gasteiger partial charge in [-0.1, -0.05) is 24.3 Å². The number of nitrogens with one attached hydrogen (secondary N) is 1. The molecule has 2 amide bonds. The fraction of sp³-hybridized carbons (Fsp3) is 0.240. The summed E-state index contributed by atoms with van der Waals surface area (Å²) in [5, 5.41) is 2.87. The van der Waals surface area contributed by atoms with Crippen LogP contribution < -0.4 is 10.1 Å². The highest BCUT2D eigenvalue weighted by atomic mass is 16.5. The average Bonchev–Trinajstić information content (AvgIpc) is 3.28. The normalized spacial score (nSPS) is 11.8. The van der Waals surface area contributed by atoms with Crippen LogP contribution in [0.1, 0.15) is 18.5 Å². The number of para-hydroxylation sites is 2. The van der Waals surface area contributed by atoms with Crippen LogP contribution in [0.2, 0.25) is 0 Å². The highest BCUT2D eigenvalue weighted by Crippen LogP contribution is 2.23. The number of nitrogens with zero attached hydrogens (tertiary/aromatic N) is 4. The Balaban J connectivity index is 1.39. The molecule has 0 radical (unpaired) electrons. The van der Waals surface area contributed by atoms with Crippen LogP contribution >= 0.6 is 0 Å². The molecule has 0 saturated heterocycles. The van der Waals surface area contributed by atoms with E-state index in [0.717, 1.165) is 22.3 Å². The van der Waals surface area contributed by atoms with Gasteiger partial charge in [0.1, 0.15) is 12.9 Å². The summed E-state index contributed by atoms with van der Waals surface area (Å²) in [6.45, 7) is 2.90. The van der Waals surface area contributed by atoms with Crippen molar-refractivity contribution in [1.82, 2.24) is 19.4 Å². The van der Waals surface area contributed by atoms with Crippen molar-refractivity contribution < 1.29 is 14.3 Å². The maximum atomic E-state index is 12.8. The Morgan fingerprint density at radius 2 is 1.85 bits per heavy atom. The van der Waals surface area contributed by atoms with Crippen molar-refractivity contribution in [3.8, 4) is 11.6 Å². The number of urea groups is 1. The van der Waals surface area contributed by atoms with Crippen LogP contribution in [0.15, 0.2) is 73.2 Å². The third-order valence-electron chi connectivity index (χ3n) is 5.53. The van der Waals surface area contributed by atoms with Crippen LogP contribution in [0.5, 0.6) is 5.88 Å². The molecule has 170 valence electrons. The zero-order chi connectivity index (χ0) is 23.2. The number of imidazole rings is 1. The van der Waals surface area contributed by atoms with E-state index >= 15 is 0 Å². The Morgan fingerprint density at radius 3 is 2.58 bits per heavy atom. The number of carbonyl (C=O) groups excluding carboxylic acids is 1. The van der Waals surface area contributed by atoms with Gasteiger partial charge in [0.15, 0.2) is 0 Å². The van der Waals surface area contributed by atoms with Gasteiger partial charge in [0.2, 0.25) is 5.88 Å². The van der Waals surface area contributed by atoms with E-state index in [-0.39, 0.29) is 12.1 Å². The van der Waals surface area contributed by atoms with Crippen molar-refractivity contribution in [2.45, 2.75) is 13.0 Å². The molecule has 1 N–H and O–H groups in total. The number of carbonyl (C=O) groups is 1. The van der Waals surface area contributed by atoms with E-state index in [1.165, 1.54) is 0 Å². The number of hydrogen-bond acceptors (Lipinski definition) is 5. The first-order valence-electron chi connectivity index (χ1n) is 10.7. The minimum absolute atomic E-state index is 0.122. The van der Waals surface area contributed by atoms with Gasteiger partial charge < -0.3 is 19.7 Å². The lowest BCUT2D eigenvalue weighted by atomic mass is 10.1. The molecule has 0 fully saturated rings. The van der Waals surface area contributed by atoms with Gasteiger partial charge >= 0.3 is 6.03 Å². The Hall–Kier alpha value is -3.91. The minimum atomic E-state index is -0.220. The molecule has 1 atom stereocenters. The molecule has 2 heterocycles. The number of rotatable bonds is 8. The van der Waals surface area contributed by atoms with Crippen LogP contribution in [-0.2, 0) is 4.74 Å². The number of fused-ring (bicyclic) bond motifs is 1. The van der Waals surface area contributed by atoms with Crippen LogP contribution in [0.25, 0.3) is 16.7 Å². The van der Waals surface area contributed by atoms with Crippen molar-refractivity contribution in [2.24, 2.45) is 0 Å². The molecule has 0 aliphatic heterocycles. The smallest absolute Gasteiger partial charge is 0.322 e. The fourth-order valence-corrected chi connectivity index (χ4v) is 3.46. The zero-order valence-corrected chi connectivity index (χ0v) is 18.9. The molecular formula is C25H27N5O3. The molecule has 8 heteroatoms. The van der Waals surface area contributed by atoms with Crippen LogP contribution in [-0.4, -0.2) is 52.8 Å². The lowest BCUT2D eigenvalue weighted by molar-refractivity contribution is 0.144. The SMILES string of the molecule is COCCOc1ccc(NC(=O)N(C)C(C)c2ccc(-n3cnc4ccccc43)cc2)cn1. The van der Waals surface area contributed by atoms with Crippen molar-refractivity contribution in [3.63, 3.8) is 0 Å². The molecule has 0 saturated carbocycles. The summed E-state index contributed by atoms with van der Waals surface area (Å²) in [7, 11) is 3.38. The molecule has 0 bridgehead atoms. The first-order chi connectivity index (χ1) is 16.1. The minimum Gasteiger partial charge on any atom is -0.475 e. The van der Waals surface area contributed by atoms with Gasteiger partial charge in [0, 0.05) is 25.9 Å². The predicted octanol–water partition coefficient (Wildman–Crippen LogP) is 4.67. The Bertz CT molecular complexity index is 1200. The maximum Gasteiger partial charge on any atom is 0.322 e. The lowest BCUT2D eigenvalue weighted by Gasteiger charge is -2.25. The second-order valence-electron chi connectivity index (χ2n) is 7.64. The molecule has 0 spiro atoms. The number of hydrogen-bond donors (Lipinski definition) is 1. The third kappa shape index (κ3) is 5.12. The summed E-state index contributed by atoms with van der Waals surface area (Å²) in [4.78, 5) is 23.1. The molecule has 0 aliphatic rings. The van der Waals surface area contributed by atoms with E-state index in [1.807, 2.05) is 61.8 Å². The summed E-state index contributed by atoms with van der Waals surface area (Å²) in [5.74, 6) is 0.484. The second kappa shape index (κ2) is 10.1. The van der Waals surface area contributed by atoms with Gasteiger partial charge in [0.25, 0.3) is 0 Å². The zero-order valence-electron chi connectivity index (χ0n) is 18.9. The Labute approximate surface area is 192 Å². The van der Waals surface area contributed by atoms with E-state index < -0.39 is 0 Å². The first-order valence-corrected chi connectivity index (χ1v) is 10.7. The molecule has 4 aromatic rings. The number of anilines is 1. The van der Waals surface area contributed by atoms with E-state index in [0.29, 0.717) is 24.8 Å². The van der Waals surface area contributed by atoms with E-state index in [9.17, 15) is 4.79 Å². The van der Waals surface area contributed by atoms with Crippen molar-refractivity contribution in [2.75, 3.05) is 32.7 Å².